The minimum absolute atomic E-state index is 0.00106. The van der Waals surface area contributed by atoms with Crippen molar-refractivity contribution in [1.29, 1.82) is 0 Å². The van der Waals surface area contributed by atoms with Gasteiger partial charge < -0.3 is 15.6 Å². The molecule has 4 rings (SSSR count). The van der Waals surface area contributed by atoms with E-state index in [9.17, 15) is 14.7 Å². The van der Waals surface area contributed by atoms with Gasteiger partial charge in [-0.3, -0.25) is 4.79 Å². The molecule has 0 radical (unpaired) electrons. The van der Waals surface area contributed by atoms with E-state index in [-0.39, 0.29) is 29.1 Å². The Balaban J connectivity index is 2.03. The molecule has 0 aromatic heterocycles. The van der Waals surface area contributed by atoms with Crippen LogP contribution >= 0.6 is 34.8 Å². The topological polar surface area (TPSA) is 80.4 Å². The third-order valence-corrected chi connectivity index (χ3v) is 6.53. The Bertz CT molecular complexity index is 1270. The number of carbonyl (C=O) groups is 2. The molecule has 3 N–H and O–H groups in total. The maximum atomic E-state index is 13.3. The zero-order valence-electron chi connectivity index (χ0n) is 16.7. The number of ketones is 1. The van der Waals surface area contributed by atoms with E-state index in [1.54, 1.807) is 42.5 Å². The number of allylic oxidation sites excluding steroid dienone is 2. The van der Waals surface area contributed by atoms with E-state index in [0.717, 1.165) is 11.8 Å². The zero-order valence-corrected chi connectivity index (χ0v) is 19.0. The van der Waals surface area contributed by atoms with E-state index in [1.807, 2.05) is 6.07 Å². The number of phenols is 1. The van der Waals surface area contributed by atoms with E-state index in [0.29, 0.717) is 26.3 Å². The van der Waals surface area contributed by atoms with Crippen molar-refractivity contribution in [3.05, 3.63) is 98.5 Å². The van der Waals surface area contributed by atoms with Gasteiger partial charge in [-0.25, -0.2) is 0 Å². The fourth-order valence-corrected chi connectivity index (χ4v) is 4.88. The van der Waals surface area contributed by atoms with Crippen LogP contribution in [0.25, 0.3) is 5.57 Å². The molecule has 0 fully saturated rings. The van der Waals surface area contributed by atoms with E-state index >= 15 is 0 Å². The van der Waals surface area contributed by atoms with Crippen molar-refractivity contribution in [2.75, 3.05) is 5.73 Å². The summed E-state index contributed by atoms with van der Waals surface area (Å²) in [6, 6.07) is 16.4. The van der Waals surface area contributed by atoms with Crippen LogP contribution in [0.1, 0.15) is 29.0 Å². The molecule has 32 heavy (non-hydrogen) atoms. The summed E-state index contributed by atoms with van der Waals surface area (Å²) in [5, 5.41) is 11.7. The number of phenolic OH excluding ortho intramolecular Hbond substituents is 1. The van der Waals surface area contributed by atoms with Gasteiger partial charge in [0, 0.05) is 44.2 Å². The van der Waals surface area contributed by atoms with Gasteiger partial charge in [-0.2, -0.15) is 0 Å². The van der Waals surface area contributed by atoms with Crippen LogP contribution in [0.2, 0.25) is 15.1 Å². The molecular formula is C25H18Cl3NO3. The molecule has 3 aromatic carbocycles. The number of carbonyl (C=O) groups excluding carboxylic acids is 2. The number of benzene rings is 3. The van der Waals surface area contributed by atoms with Gasteiger partial charge in [-0.05, 0) is 53.6 Å². The van der Waals surface area contributed by atoms with Crippen LogP contribution in [0.4, 0.5) is 5.69 Å². The predicted molar refractivity (Wildman–Crippen MR) is 129 cm³/mol. The van der Waals surface area contributed by atoms with Crippen LogP contribution in [-0.4, -0.2) is 17.2 Å². The second-order valence-corrected chi connectivity index (χ2v) is 9.05. The second kappa shape index (κ2) is 8.62. The predicted octanol–water partition coefficient (Wildman–Crippen LogP) is 6.21. The molecule has 0 unspecified atom stereocenters. The number of Topliss-reactive ketones (excluding diaryl/α,β-unsaturated/α-hetero) is 1. The highest BCUT2D eigenvalue weighted by Gasteiger charge is 2.46. The van der Waals surface area contributed by atoms with E-state index in [2.05, 4.69) is 0 Å². The maximum absolute atomic E-state index is 13.3. The van der Waals surface area contributed by atoms with E-state index in [1.165, 1.54) is 18.2 Å². The monoisotopic (exact) mass is 485 g/mol. The van der Waals surface area contributed by atoms with Gasteiger partial charge >= 0.3 is 0 Å². The molecule has 0 aliphatic heterocycles. The molecule has 2 atom stereocenters. The highest BCUT2D eigenvalue weighted by atomic mass is 35.5. The summed E-state index contributed by atoms with van der Waals surface area (Å²) in [5.41, 5.74) is 6.99. The van der Waals surface area contributed by atoms with Crippen LogP contribution in [0.15, 0.2) is 66.7 Å². The Morgan fingerprint density at radius 1 is 0.969 bits per heavy atom. The first kappa shape index (κ1) is 22.4. The maximum Gasteiger partial charge on any atom is 0.164 e. The van der Waals surface area contributed by atoms with Gasteiger partial charge in [0.25, 0.3) is 0 Å². The molecule has 3 aromatic rings. The first-order valence-corrected chi connectivity index (χ1v) is 10.9. The number of aromatic hydroxyl groups is 1. The average molecular weight is 487 g/mol. The smallest absolute Gasteiger partial charge is 0.164 e. The lowest BCUT2D eigenvalue weighted by Crippen LogP contribution is -2.39. The molecule has 0 saturated heterocycles. The Morgan fingerprint density at radius 2 is 1.66 bits per heavy atom. The molecule has 0 bridgehead atoms. The number of nitrogen functional groups attached to an aromatic ring is 1. The first-order chi connectivity index (χ1) is 15.2. The number of hydrogen-bond acceptors (Lipinski definition) is 4. The third kappa shape index (κ3) is 3.90. The molecule has 0 heterocycles. The largest absolute Gasteiger partial charge is 0.507 e. The molecule has 7 heteroatoms. The summed E-state index contributed by atoms with van der Waals surface area (Å²) >= 11 is 18.4. The van der Waals surface area contributed by atoms with Crippen LogP contribution in [0.5, 0.6) is 5.75 Å². The van der Waals surface area contributed by atoms with Gasteiger partial charge in [0.1, 0.15) is 12.0 Å². The summed E-state index contributed by atoms with van der Waals surface area (Å²) in [5.74, 6) is -0.920. The van der Waals surface area contributed by atoms with Crippen molar-refractivity contribution in [2.45, 2.75) is 17.8 Å². The highest BCUT2D eigenvalue weighted by molar-refractivity contribution is 6.32. The fourth-order valence-electron chi connectivity index (χ4n) is 4.33. The van der Waals surface area contributed by atoms with Crippen LogP contribution in [0, 0.1) is 0 Å². The summed E-state index contributed by atoms with van der Waals surface area (Å²) in [6.07, 6.45) is 2.35. The summed E-state index contributed by atoms with van der Waals surface area (Å²) < 4.78 is 0. The van der Waals surface area contributed by atoms with Gasteiger partial charge in [0.2, 0.25) is 0 Å². The van der Waals surface area contributed by atoms with Crippen LogP contribution in [0.3, 0.4) is 0 Å². The van der Waals surface area contributed by atoms with Gasteiger partial charge in [0.15, 0.2) is 5.78 Å². The van der Waals surface area contributed by atoms with Crippen molar-refractivity contribution < 1.29 is 14.7 Å². The molecule has 4 nitrogen and oxygen atoms in total. The van der Waals surface area contributed by atoms with Gasteiger partial charge in [-0.1, -0.05) is 59.1 Å². The Labute approximate surface area is 200 Å². The van der Waals surface area contributed by atoms with Crippen molar-refractivity contribution in [2.24, 2.45) is 0 Å². The summed E-state index contributed by atoms with van der Waals surface area (Å²) in [4.78, 5) is 26.1. The van der Waals surface area contributed by atoms with E-state index in [4.69, 9.17) is 40.5 Å². The Kier molecular flexibility index (Phi) is 6.04. The summed E-state index contributed by atoms with van der Waals surface area (Å²) in [6.45, 7) is 0. The van der Waals surface area contributed by atoms with Gasteiger partial charge in [-0.15, -0.1) is 0 Å². The quantitative estimate of drug-likeness (QED) is 0.339. The number of nitrogens with two attached hydrogens (primary N) is 1. The van der Waals surface area contributed by atoms with Crippen LogP contribution in [-0.2, 0) is 15.0 Å². The number of rotatable bonds is 4. The lowest BCUT2D eigenvalue weighted by molar-refractivity contribution is -0.116. The third-order valence-electron chi connectivity index (χ3n) is 5.82. The molecule has 162 valence electrons. The lowest BCUT2D eigenvalue weighted by atomic mass is 9.61. The van der Waals surface area contributed by atoms with Crippen LogP contribution < -0.4 is 5.73 Å². The summed E-state index contributed by atoms with van der Waals surface area (Å²) in [7, 11) is 0. The lowest BCUT2D eigenvalue weighted by Gasteiger charge is -2.39. The fraction of sp³-hybridized carbons (Fsp3) is 0.120. The molecule has 1 aliphatic carbocycles. The number of aldehydes is 1. The highest BCUT2D eigenvalue weighted by Crippen LogP contribution is 2.50. The number of hydrogen-bond donors (Lipinski definition) is 2. The minimum atomic E-state index is -1.31. The van der Waals surface area contributed by atoms with Crippen molar-refractivity contribution >= 4 is 58.1 Å². The molecule has 0 spiro atoms. The number of halogens is 3. The normalized spacial score (nSPS) is 20.7. The van der Waals surface area contributed by atoms with E-state index < -0.39 is 11.3 Å². The number of anilines is 1. The van der Waals surface area contributed by atoms with Crippen molar-refractivity contribution in [3.63, 3.8) is 0 Å². The Morgan fingerprint density at radius 3 is 2.34 bits per heavy atom. The molecule has 0 saturated carbocycles. The molecular weight excluding hydrogens is 469 g/mol. The van der Waals surface area contributed by atoms with Gasteiger partial charge in [0.05, 0.1) is 5.41 Å². The average Bonchev–Trinajstić information content (AvgIpc) is 2.76. The first-order valence-electron chi connectivity index (χ1n) is 9.77. The molecule has 1 aliphatic rings. The molecule has 0 amide bonds. The Hall–Kier alpha value is -2.79. The SMILES string of the molecule is Nc1cc(Cl)ccc1[C@@]1(C=O)C=C(c2cc(Cl)ccc2O)C(=O)C[C@H]1c1cccc(Cl)c1. The van der Waals surface area contributed by atoms with Crippen molar-refractivity contribution in [1.82, 2.24) is 0 Å². The minimum Gasteiger partial charge on any atom is -0.507 e. The second-order valence-electron chi connectivity index (χ2n) is 7.74. The zero-order chi connectivity index (χ0) is 23.0. The standard InChI is InChI=1S/C25H18Cl3NO3/c26-15-3-1-2-14(8-15)21-11-24(32)19(18-9-16(27)5-7-23(18)31)12-25(21,13-30)20-6-4-17(28)10-22(20)29/h1-10,12-13,21,31H,11,29H2/t21-,25-/m0/s1. The van der Waals surface area contributed by atoms with Crippen molar-refractivity contribution in [3.8, 4) is 5.75 Å².